The third-order valence-electron chi connectivity index (χ3n) is 3.42. The van der Waals surface area contributed by atoms with Crippen molar-refractivity contribution in [1.82, 2.24) is 10.6 Å². The SMILES string of the molecule is [2H]N[C@@H](CC(=O)O)C(=O)N[C@H](C(=O)N[C@@H](COC)C(C)C)C(C)C. The minimum atomic E-state index is -1.23. The van der Waals surface area contributed by atoms with E-state index in [0.29, 0.717) is 6.61 Å². The summed E-state index contributed by atoms with van der Waals surface area (Å²) in [4.78, 5) is 35.3. The summed E-state index contributed by atoms with van der Waals surface area (Å²) in [6.07, 6.45) is -0.542. The topological polar surface area (TPSA) is 131 Å². The molecule has 0 bridgehead atoms. The summed E-state index contributed by atoms with van der Waals surface area (Å²) in [5.41, 5.74) is 1.90. The molecule has 3 atom stereocenters. The largest absolute Gasteiger partial charge is 0.481 e. The van der Waals surface area contributed by atoms with Crippen molar-refractivity contribution in [3.05, 3.63) is 0 Å². The lowest BCUT2D eigenvalue weighted by Gasteiger charge is -2.27. The highest BCUT2D eigenvalue weighted by Crippen LogP contribution is 2.07. The molecule has 23 heavy (non-hydrogen) atoms. The maximum absolute atomic E-state index is 12.5. The molecule has 0 aromatic heterocycles. The minimum Gasteiger partial charge on any atom is -0.481 e. The third kappa shape index (κ3) is 7.94. The van der Waals surface area contributed by atoms with E-state index in [2.05, 4.69) is 10.6 Å². The van der Waals surface area contributed by atoms with Gasteiger partial charge in [0.05, 0.1) is 25.1 Å². The van der Waals surface area contributed by atoms with E-state index in [4.69, 9.17) is 11.3 Å². The van der Waals surface area contributed by atoms with Gasteiger partial charge in [-0.1, -0.05) is 27.7 Å². The van der Waals surface area contributed by atoms with Gasteiger partial charge < -0.3 is 26.2 Å². The fraction of sp³-hybridized carbons (Fsp3) is 0.800. The normalized spacial score (nSPS) is 15.7. The maximum Gasteiger partial charge on any atom is 0.305 e. The Morgan fingerprint density at radius 3 is 2.13 bits per heavy atom. The molecule has 0 heterocycles. The van der Waals surface area contributed by atoms with Gasteiger partial charge in [0.2, 0.25) is 11.8 Å². The molecule has 0 rings (SSSR count). The molecule has 0 aromatic rings. The number of methoxy groups -OCH3 is 1. The lowest BCUT2D eigenvalue weighted by atomic mass is 10.00. The molecule has 0 saturated carbocycles. The second-order valence-electron chi connectivity index (χ2n) is 6.20. The van der Waals surface area contributed by atoms with E-state index >= 15 is 0 Å². The first-order valence-corrected chi connectivity index (χ1v) is 7.62. The van der Waals surface area contributed by atoms with Crippen LogP contribution < -0.4 is 16.4 Å². The second kappa shape index (κ2) is 10.2. The van der Waals surface area contributed by atoms with Crippen molar-refractivity contribution in [2.45, 2.75) is 52.2 Å². The molecular formula is C15H29N3O5. The van der Waals surface area contributed by atoms with Crippen molar-refractivity contribution < 1.29 is 25.6 Å². The van der Waals surface area contributed by atoms with Crippen molar-refractivity contribution in [1.29, 1.82) is 0 Å². The van der Waals surface area contributed by atoms with Crippen molar-refractivity contribution in [3.8, 4) is 0 Å². The van der Waals surface area contributed by atoms with Crippen molar-refractivity contribution in [2.24, 2.45) is 17.6 Å². The maximum atomic E-state index is 12.5. The van der Waals surface area contributed by atoms with Gasteiger partial charge in [0.15, 0.2) is 0 Å². The number of carboxylic acid groups (broad SMARTS) is 1. The van der Waals surface area contributed by atoms with E-state index in [1.54, 1.807) is 21.0 Å². The average molecular weight is 332 g/mol. The first-order valence-electron chi connectivity index (χ1n) is 8.12. The summed E-state index contributed by atoms with van der Waals surface area (Å²) in [7, 11) is 1.54. The molecule has 5 N–H and O–H groups in total. The molecule has 0 radical (unpaired) electrons. The zero-order valence-electron chi connectivity index (χ0n) is 15.4. The van der Waals surface area contributed by atoms with Crippen LogP contribution in [0, 0.1) is 11.8 Å². The highest BCUT2D eigenvalue weighted by atomic mass is 16.5. The zero-order valence-corrected chi connectivity index (χ0v) is 14.4. The van der Waals surface area contributed by atoms with Gasteiger partial charge in [0.25, 0.3) is 0 Å². The number of hydrogen-bond donors (Lipinski definition) is 4. The molecule has 0 aliphatic rings. The standard InChI is InChI=1S/C15H29N3O5/c1-8(2)11(7-23-5)17-15(22)13(9(3)4)18-14(21)10(16)6-12(19)20/h8-11,13H,6-7,16H2,1-5H3,(H,17,22)(H,18,21)(H,19,20)/t10-,11-,13-/m0/s1/i/hD. The van der Waals surface area contributed by atoms with E-state index in [9.17, 15) is 14.4 Å². The number of rotatable bonds is 11. The Bertz CT molecular complexity index is 431. The Morgan fingerprint density at radius 1 is 1.13 bits per heavy atom. The fourth-order valence-electron chi connectivity index (χ4n) is 1.91. The first-order chi connectivity index (χ1) is 11.1. The van der Waals surface area contributed by atoms with Gasteiger partial charge in [-0.2, -0.15) is 0 Å². The van der Waals surface area contributed by atoms with E-state index in [-0.39, 0.29) is 23.8 Å². The smallest absolute Gasteiger partial charge is 0.305 e. The molecule has 0 saturated heterocycles. The Balaban J connectivity index is 4.98. The molecule has 0 aromatic carbocycles. The van der Waals surface area contributed by atoms with Crippen LogP contribution in [-0.2, 0) is 19.1 Å². The summed E-state index contributed by atoms with van der Waals surface area (Å²) in [5, 5.41) is 14.1. The van der Waals surface area contributed by atoms with Crippen LogP contribution in [0.15, 0.2) is 0 Å². The number of nitrogens with one attached hydrogen (secondary N) is 2. The Morgan fingerprint density at radius 2 is 1.74 bits per heavy atom. The van der Waals surface area contributed by atoms with Gasteiger partial charge >= 0.3 is 5.97 Å². The summed E-state index contributed by atoms with van der Waals surface area (Å²) in [6.45, 7) is 7.77. The number of aliphatic carboxylic acids is 1. The van der Waals surface area contributed by atoms with E-state index in [1.165, 1.54) is 0 Å². The summed E-state index contributed by atoms with van der Waals surface area (Å²) >= 11 is 0. The molecule has 0 aliphatic heterocycles. The van der Waals surface area contributed by atoms with Crippen LogP contribution in [0.1, 0.15) is 34.1 Å². The van der Waals surface area contributed by atoms with E-state index in [1.807, 2.05) is 19.6 Å². The van der Waals surface area contributed by atoms with Crippen molar-refractivity contribution in [3.63, 3.8) is 0 Å². The number of ether oxygens (including phenoxy) is 1. The third-order valence-corrected chi connectivity index (χ3v) is 3.42. The van der Waals surface area contributed by atoms with Gasteiger partial charge in [0, 0.05) is 7.11 Å². The molecule has 0 spiro atoms. The van der Waals surface area contributed by atoms with Gasteiger partial charge in [-0.15, -0.1) is 0 Å². The van der Waals surface area contributed by atoms with Crippen LogP contribution in [0.2, 0.25) is 1.41 Å². The van der Waals surface area contributed by atoms with Crippen molar-refractivity contribution in [2.75, 3.05) is 13.7 Å². The fourth-order valence-corrected chi connectivity index (χ4v) is 1.91. The van der Waals surface area contributed by atoms with Crippen LogP contribution >= 0.6 is 0 Å². The van der Waals surface area contributed by atoms with Crippen LogP contribution in [0.4, 0.5) is 0 Å². The predicted molar refractivity (Wildman–Crippen MR) is 85.6 cm³/mol. The second-order valence-corrected chi connectivity index (χ2v) is 6.20. The van der Waals surface area contributed by atoms with Crippen LogP contribution in [0.3, 0.4) is 0 Å². The molecule has 0 aliphatic carbocycles. The Hall–Kier alpha value is -1.67. The van der Waals surface area contributed by atoms with Crippen LogP contribution in [-0.4, -0.2) is 54.7 Å². The molecule has 134 valence electrons. The molecule has 8 nitrogen and oxygen atoms in total. The molecule has 8 heteroatoms. The number of hydrogen-bond acceptors (Lipinski definition) is 5. The van der Waals surface area contributed by atoms with Crippen LogP contribution in [0.25, 0.3) is 0 Å². The number of amides is 2. The summed E-state index contributed by atoms with van der Waals surface area (Å²) in [5.74, 6) is -2.34. The highest BCUT2D eigenvalue weighted by Gasteiger charge is 2.29. The first kappa shape index (κ1) is 19.4. The monoisotopic (exact) mass is 332 g/mol. The summed E-state index contributed by atoms with van der Waals surface area (Å²) in [6, 6.07) is -2.26. The van der Waals surface area contributed by atoms with E-state index in [0.717, 1.165) is 0 Å². The van der Waals surface area contributed by atoms with E-state index < -0.39 is 30.4 Å². The summed E-state index contributed by atoms with van der Waals surface area (Å²) < 4.78 is 12.2. The zero-order chi connectivity index (χ0) is 18.9. The quantitative estimate of drug-likeness (QED) is 0.411. The van der Waals surface area contributed by atoms with Gasteiger partial charge in [-0.25, -0.2) is 0 Å². The lowest BCUT2D eigenvalue weighted by molar-refractivity contribution is -0.139. The predicted octanol–water partition coefficient (Wildman–Crippen LogP) is -0.284. The lowest BCUT2D eigenvalue weighted by Crippen LogP contribution is -2.56. The van der Waals surface area contributed by atoms with Crippen molar-refractivity contribution >= 4 is 17.8 Å². The highest BCUT2D eigenvalue weighted by molar-refractivity contribution is 5.91. The molecule has 0 fully saturated rings. The molecule has 0 unspecified atom stereocenters. The van der Waals surface area contributed by atoms with Gasteiger partial charge in [-0.05, 0) is 11.8 Å². The Kier molecular flexibility index (Phi) is 8.57. The molecule has 2 amide bonds. The van der Waals surface area contributed by atoms with Crippen LogP contribution in [0.5, 0.6) is 0 Å². The average Bonchev–Trinajstić information content (AvgIpc) is 2.48. The number of carbonyl (C=O) groups excluding carboxylic acids is 2. The van der Waals surface area contributed by atoms with Gasteiger partial charge in [0.1, 0.15) is 7.45 Å². The Labute approximate surface area is 138 Å². The minimum absolute atomic E-state index is 0.145. The number of nitrogens with two attached hydrogens (primary N) is 1. The number of carbonyl (C=O) groups is 3. The van der Waals surface area contributed by atoms with Gasteiger partial charge in [-0.3, -0.25) is 14.4 Å². The molecular weight excluding hydrogens is 302 g/mol. The number of carboxylic acids is 1.